The fourth-order valence-corrected chi connectivity index (χ4v) is 2.00. The molecule has 4 nitrogen and oxygen atoms in total. The molecule has 1 aromatic rings. The van der Waals surface area contributed by atoms with Crippen LogP contribution in [0.5, 0.6) is 0 Å². The normalized spacial score (nSPS) is 11.1. The minimum Gasteiger partial charge on any atom is -0.399 e. The van der Waals surface area contributed by atoms with Gasteiger partial charge in [-0.15, -0.1) is 0 Å². The number of amides is 1. The zero-order valence-corrected chi connectivity index (χ0v) is 12.6. The van der Waals surface area contributed by atoms with Gasteiger partial charge in [0.05, 0.1) is 0 Å². The Morgan fingerprint density at radius 2 is 2.06 bits per heavy atom. The van der Waals surface area contributed by atoms with E-state index in [4.69, 9.17) is 5.73 Å². The number of nitrogens with one attached hydrogen (secondary N) is 2. The van der Waals surface area contributed by atoms with Crippen LogP contribution < -0.4 is 16.4 Å². The minimum absolute atomic E-state index is 0.0431. The quantitative estimate of drug-likeness (QED) is 0.749. The van der Waals surface area contributed by atoms with Gasteiger partial charge in [0.1, 0.15) is 0 Å². The summed E-state index contributed by atoms with van der Waals surface area (Å²) < 4.78 is 0.902. The van der Waals surface area contributed by atoms with Gasteiger partial charge >= 0.3 is 0 Å². The average molecular weight is 314 g/mol. The molecule has 0 aliphatic carbocycles. The highest BCUT2D eigenvalue weighted by atomic mass is 79.9. The first-order valence-corrected chi connectivity index (χ1v) is 6.67. The predicted molar refractivity (Wildman–Crippen MR) is 79.6 cm³/mol. The Morgan fingerprint density at radius 1 is 1.39 bits per heavy atom. The van der Waals surface area contributed by atoms with E-state index in [-0.39, 0.29) is 11.4 Å². The zero-order chi connectivity index (χ0) is 13.8. The lowest BCUT2D eigenvalue weighted by atomic mass is 10.1. The number of nitrogens with two attached hydrogens (primary N) is 1. The molecule has 1 amide bonds. The Morgan fingerprint density at radius 3 is 2.61 bits per heavy atom. The van der Waals surface area contributed by atoms with Crippen molar-refractivity contribution in [3.05, 3.63) is 22.7 Å². The van der Waals surface area contributed by atoms with Gasteiger partial charge in [-0.2, -0.15) is 0 Å². The van der Waals surface area contributed by atoms with E-state index in [1.54, 1.807) is 0 Å². The van der Waals surface area contributed by atoms with Crippen LogP contribution in [-0.4, -0.2) is 18.0 Å². The number of nitrogen functional groups attached to an aromatic ring is 1. The molecule has 1 rings (SSSR count). The number of hydrogen-bond donors (Lipinski definition) is 3. The summed E-state index contributed by atoms with van der Waals surface area (Å²) in [5, 5.41) is 6.11. The summed E-state index contributed by atoms with van der Waals surface area (Å²) in [6.07, 6.45) is 0.439. The molecule has 0 fully saturated rings. The highest BCUT2D eigenvalue weighted by molar-refractivity contribution is 9.10. The monoisotopic (exact) mass is 313 g/mol. The van der Waals surface area contributed by atoms with Crippen LogP contribution in [-0.2, 0) is 4.79 Å². The van der Waals surface area contributed by atoms with Crippen molar-refractivity contribution >= 4 is 33.2 Å². The molecule has 0 unspecified atom stereocenters. The maximum Gasteiger partial charge on any atom is 0.222 e. The van der Waals surface area contributed by atoms with E-state index in [2.05, 4.69) is 26.6 Å². The third-order valence-corrected chi connectivity index (χ3v) is 2.83. The topological polar surface area (TPSA) is 67.2 Å². The van der Waals surface area contributed by atoms with Gasteiger partial charge in [0, 0.05) is 34.4 Å². The van der Waals surface area contributed by atoms with Crippen molar-refractivity contribution in [3.8, 4) is 0 Å². The van der Waals surface area contributed by atoms with E-state index >= 15 is 0 Å². The summed E-state index contributed by atoms with van der Waals surface area (Å²) in [4.78, 5) is 11.6. The molecule has 1 aromatic carbocycles. The van der Waals surface area contributed by atoms with Crippen molar-refractivity contribution in [2.75, 3.05) is 17.6 Å². The molecule has 0 heterocycles. The maximum absolute atomic E-state index is 11.6. The second kappa shape index (κ2) is 6.09. The molecular weight excluding hydrogens is 294 g/mol. The van der Waals surface area contributed by atoms with Crippen molar-refractivity contribution < 1.29 is 4.79 Å². The number of carbonyl (C=O) groups excluding carboxylic acids is 1. The highest BCUT2D eigenvalue weighted by Crippen LogP contribution is 2.24. The molecule has 0 aromatic heterocycles. The van der Waals surface area contributed by atoms with E-state index in [0.717, 1.165) is 10.2 Å². The van der Waals surface area contributed by atoms with Crippen molar-refractivity contribution in [2.24, 2.45) is 0 Å². The first-order chi connectivity index (χ1) is 8.28. The van der Waals surface area contributed by atoms with Gasteiger partial charge in [-0.1, -0.05) is 0 Å². The van der Waals surface area contributed by atoms with Gasteiger partial charge in [0.2, 0.25) is 5.91 Å². The smallest absolute Gasteiger partial charge is 0.222 e. The third-order valence-electron chi connectivity index (χ3n) is 2.18. The van der Waals surface area contributed by atoms with E-state index in [1.165, 1.54) is 0 Å². The standard InChI is InChI=1S/C13H20BrN3O/c1-13(2,3)17-12(18)6-7-16-11-5-4-9(15)8-10(11)14/h4-5,8,16H,6-7,15H2,1-3H3,(H,17,18). The van der Waals surface area contributed by atoms with Crippen LogP contribution in [0, 0.1) is 0 Å². The van der Waals surface area contributed by atoms with Crippen LogP contribution in [0.4, 0.5) is 11.4 Å². The summed E-state index contributed by atoms with van der Waals surface area (Å²) >= 11 is 3.42. The molecular formula is C13H20BrN3O. The van der Waals surface area contributed by atoms with Gasteiger partial charge < -0.3 is 16.4 Å². The highest BCUT2D eigenvalue weighted by Gasteiger charge is 2.13. The van der Waals surface area contributed by atoms with Gasteiger partial charge in [-0.3, -0.25) is 4.79 Å². The van der Waals surface area contributed by atoms with Crippen LogP contribution in [0.25, 0.3) is 0 Å². The van der Waals surface area contributed by atoms with E-state index in [9.17, 15) is 4.79 Å². The fourth-order valence-electron chi connectivity index (χ4n) is 1.47. The molecule has 0 saturated heterocycles. The van der Waals surface area contributed by atoms with Gasteiger partial charge in [-0.25, -0.2) is 0 Å². The van der Waals surface area contributed by atoms with E-state index < -0.39 is 0 Å². The number of benzene rings is 1. The zero-order valence-electron chi connectivity index (χ0n) is 11.0. The van der Waals surface area contributed by atoms with E-state index in [0.29, 0.717) is 18.7 Å². The van der Waals surface area contributed by atoms with Gasteiger partial charge in [-0.05, 0) is 54.9 Å². The SMILES string of the molecule is CC(C)(C)NC(=O)CCNc1ccc(N)cc1Br. The second-order valence-electron chi connectivity index (χ2n) is 5.21. The molecule has 0 aliphatic heterocycles. The summed E-state index contributed by atoms with van der Waals surface area (Å²) in [6, 6.07) is 5.54. The summed E-state index contributed by atoms with van der Waals surface area (Å²) in [5.74, 6) is 0.0431. The van der Waals surface area contributed by atoms with Crippen LogP contribution in [0.3, 0.4) is 0 Å². The lowest BCUT2D eigenvalue weighted by Gasteiger charge is -2.20. The van der Waals surface area contributed by atoms with Crippen LogP contribution in [0.1, 0.15) is 27.2 Å². The lowest BCUT2D eigenvalue weighted by molar-refractivity contribution is -0.122. The molecule has 0 radical (unpaired) electrons. The fraction of sp³-hybridized carbons (Fsp3) is 0.462. The maximum atomic E-state index is 11.6. The van der Waals surface area contributed by atoms with Crippen molar-refractivity contribution in [2.45, 2.75) is 32.7 Å². The largest absolute Gasteiger partial charge is 0.399 e. The lowest BCUT2D eigenvalue weighted by Crippen LogP contribution is -2.41. The van der Waals surface area contributed by atoms with Crippen LogP contribution in [0.2, 0.25) is 0 Å². The average Bonchev–Trinajstić information content (AvgIpc) is 2.18. The molecule has 4 N–H and O–H groups in total. The Labute approximate surface area is 116 Å². The number of carbonyl (C=O) groups is 1. The first-order valence-electron chi connectivity index (χ1n) is 5.88. The Hall–Kier alpha value is -1.23. The second-order valence-corrected chi connectivity index (χ2v) is 6.07. The summed E-state index contributed by atoms with van der Waals surface area (Å²) in [6.45, 7) is 6.49. The molecule has 0 aliphatic rings. The van der Waals surface area contributed by atoms with Gasteiger partial charge in [0.15, 0.2) is 0 Å². The number of hydrogen-bond acceptors (Lipinski definition) is 3. The molecule has 0 bridgehead atoms. The molecule has 18 heavy (non-hydrogen) atoms. The first kappa shape index (κ1) is 14.8. The van der Waals surface area contributed by atoms with Crippen LogP contribution in [0.15, 0.2) is 22.7 Å². The Bertz CT molecular complexity index is 427. The van der Waals surface area contributed by atoms with E-state index in [1.807, 2.05) is 39.0 Å². The minimum atomic E-state index is -0.182. The molecule has 100 valence electrons. The third kappa shape index (κ3) is 5.40. The van der Waals surface area contributed by atoms with Gasteiger partial charge in [0.25, 0.3) is 0 Å². The Balaban J connectivity index is 2.40. The summed E-state index contributed by atoms with van der Waals surface area (Å²) in [5.41, 5.74) is 7.11. The molecule has 0 saturated carbocycles. The number of rotatable bonds is 4. The number of anilines is 2. The van der Waals surface area contributed by atoms with Crippen molar-refractivity contribution in [3.63, 3.8) is 0 Å². The number of halogens is 1. The Kier molecular flexibility index (Phi) is 5.02. The van der Waals surface area contributed by atoms with Crippen LogP contribution >= 0.6 is 15.9 Å². The molecule has 5 heteroatoms. The predicted octanol–water partition coefficient (Wildman–Crippen LogP) is 2.75. The molecule has 0 atom stereocenters. The molecule has 0 spiro atoms. The van der Waals surface area contributed by atoms with Crippen molar-refractivity contribution in [1.82, 2.24) is 5.32 Å². The van der Waals surface area contributed by atoms with Crippen molar-refractivity contribution in [1.29, 1.82) is 0 Å². The summed E-state index contributed by atoms with van der Waals surface area (Å²) in [7, 11) is 0.